The molecule has 0 bridgehead atoms. The molecule has 2 aromatic heterocycles. The number of amides is 1. The van der Waals surface area contributed by atoms with E-state index in [0.717, 1.165) is 45.9 Å². The van der Waals surface area contributed by atoms with Crippen molar-refractivity contribution in [3.8, 4) is 10.6 Å². The summed E-state index contributed by atoms with van der Waals surface area (Å²) in [5.41, 5.74) is 2.35. The summed E-state index contributed by atoms with van der Waals surface area (Å²) in [7, 11) is 0. The molecule has 1 fully saturated rings. The van der Waals surface area contributed by atoms with E-state index in [2.05, 4.69) is 15.2 Å². The van der Waals surface area contributed by atoms with Gasteiger partial charge >= 0.3 is 0 Å². The van der Waals surface area contributed by atoms with E-state index in [1.54, 1.807) is 11.3 Å². The minimum absolute atomic E-state index is 0.0201. The molecule has 1 N–H and O–H groups in total. The summed E-state index contributed by atoms with van der Waals surface area (Å²) in [6.45, 7) is 5.58. The topological polar surface area (TPSA) is 61.9 Å². The monoisotopic (exact) mass is 308 g/mol. The summed E-state index contributed by atoms with van der Waals surface area (Å²) in [6.07, 6.45) is 0. The third kappa shape index (κ3) is 2.60. The van der Waals surface area contributed by atoms with E-state index < -0.39 is 0 Å². The first-order chi connectivity index (χ1) is 9.65. The average Bonchev–Trinajstić information content (AvgIpc) is 3.05. The van der Waals surface area contributed by atoms with Gasteiger partial charge in [0.05, 0.1) is 21.3 Å². The zero-order chi connectivity index (χ0) is 14.1. The van der Waals surface area contributed by atoms with E-state index in [-0.39, 0.29) is 5.91 Å². The standard InChI is InChI=1S/C13H16N4OS2/c1-8-12(20-9(2)14-8)10-7-11(16-15-10)13(18)17-3-5-19-6-4-17/h7H,3-6H2,1-2H3,(H,15,16). The lowest BCUT2D eigenvalue weighted by Crippen LogP contribution is -2.38. The number of nitrogens with zero attached hydrogens (tertiary/aromatic N) is 3. The molecule has 3 heterocycles. The maximum absolute atomic E-state index is 12.4. The van der Waals surface area contributed by atoms with Gasteiger partial charge in [0.15, 0.2) is 5.69 Å². The Morgan fingerprint density at radius 3 is 2.75 bits per heavy atom. The molecule has 20 heavy (non-hydrogen) atoms. The molecule has 3 rings (SSSR count). The van der Waals surface area contributed by atoms with Crippen LogP contribution >= 0.6 is 23.1 Å². The zero-order valence-corrected chi connectivity index (χ0v) is 13.1. The van der Waals surface area contributed by atoms with Crippen LogP contribution in [-0.2, 0) is 0 Å². The summed E-state index contributed by atoms with van der Waals surface area (Å²) in [6, 6.07) is 1.84. The molecule has 1 amide bonds. The van der Waals surface area contributed by atoms with Gasteiger partial charge in [-0.25, -0.2) is 4.98 Å². The van der Waals surface area contributed by atoms with E-state index in [0.29, 0.717) is 5.69 Å². The van der Waals surface area contributed by atoms with E-state index in [1.807, 2.05) is 36.6 Å². The van der Waals surface area contributed by atoms with Crippen molar-refractivity contribution < 1.29 is 4.79 Å². The Morgan fingerprint density at radius 1 is 1.35 bits per heavy atom. The SMILES string of the molecule is Cc1nc(C)c(-c2cc(C(=O)N3CCSCC3)n[nH]2)s1. The summed E-state index contributed by atoms with van der Waals surface area (Å²) < 4.78 is 0. The van der Waals surface area contributed by atoms with Gasteiger partial charge in [-0.1, -0.05) is 0 Å². The summed E-state index contributed by atoms with van der Waals surface area (Å²) in [5, 5.41) is 8.16. The van der Waals surface area contributed by atoms with Crippen molar-refractivity contribution in [1.29, 1.82) is 0 Å². The molecule has 1 aliphatic heterocycles. The molecular formula is C13H16N4OS2. The zero-order valence-electron chi connectivity index (χ0n) is 11.5. The molecule has 0 unspecified atom stereocenters. The van der Waals surface area contributed by atoms with Gasteiger partial charge in [-0.15, -0.1) is 11.3 Å². The third-order valence-corrected chi connectivity index (χ3v) is 5.29. The fourth-order valence-corrected chi connectivity index (χ4v) is 4.05. The lowest BCUT2D eigenvalue weighted by atomic mass is 10.2. The fraction of sp³-hybridized carbons (Fsp3) is 0.462. The number of H-pyrrole nitrogens is 1. The van der Waals surface area contributed by atoms with Crippen molar-refractivity contribution in [2.45, 2.75) is 13.8 Å². The predicted molar refractivity (Wildman–Crippen MR) is 82.4 cm³/mol. The highest BCUT2D eigenvalue weighted by atomic mass is 32.2. The molecule has 0 radical (unpaired) electrons. The number of carbonyl (C=O) groups excluding carboxylic acids is 1. The number of thiazole rings is 1. The molecule has 1 saturated heterocycles. The molecular weight excluding hydrogens is 292 g/mol. The second kappa shape index (κ2) is 5.57. The van der Waals surface area contributed by atoms with Gasteiger partial charge < -0.3 is 4.90 Å². The van der Waals surface area contributed by atoms with Crippen molar-refractivity contribution in [3.63, 3.8) is 0 Å². The normalized spacial score (nSPS) is 15.6. The van der Waals surface area contributed by atoms with Crippen LogP contribution in [0.4, 0.5) is 0 Å². The molecule has 7 heteroatoms. The van der Waals surface area contributed by atoms with Crippen molar-refractivity contribution in [3.05, 3.63) is 22.5 Å². The average molecular weight is 308 g/mol. The van der Waals surface area contributed by atoms with E-state index in [4.69, 9.17) is 0 Å². The van der Waals surface area contributed by atoms with Crippen LogP contribution in [0.1, 0.15) is 21.2 Å². The molecule has 5 nitrogen and oxygen atoms in total. The number of rotatable bonds is 2. The summed E-state index contributed by atoms with van der Waals surface area (Å²) in [4.78, 5) is 19.7. The van der Waals surface area contributed by atoms with Crippen LogP contribution in [0.3, 0.4) is 0 Å². The van der Waals surface area contributed by atoms with Gasteiger partial charge in [0.1, 0.15) is 0 Å². The lowest BCUT2D eigenvalue weighted by Gasteiger charge is -2.25. The molecule has 0 aliphatic carbocycles. The van der Waals surface area contributed by atoms with E-state index in [1.165, 1.54) is 0 Å². The number of hydrogen-bond donors (Lipinski definition) is 1. The van der Waals surface area contributed by atoms with Crippen molar-refractivity contribution in [2.24, 2.45) is 0 Å². The Labute approximate surface area is 125 Å². The van der Waals surface area contributed by atoms with E-state index >= 15 is 0 Å². The van der Waals surface area contributed by atoms with Gasteiger partial charge in [0.2, 0.25) is 0 Å². The third-order valence-electron chi connectivity index (χ3n) is 3.24. The number of thioether (sulfide) groups is 1. The second-order valence-corrected chi connectivity index (χ2v) is 7.15. The molecule has 0 atom stereocenters. The van der Waals surface area contributed by atoms with Crippen molar-refractivity contribution >= 4 is 29.0 Å². The summed E-state index contributed by atoms with van der Waals surface area (Å²) in [5.74, 6) is 2.04. The smallest absolute Gasteiger partial charge is 0.274 e. The Balaban J connectivity index is 1.83. The Bertz CT molecular complexity index is 628. The second-order valence-electron chi connectivity index (χ2n) is 4.72. The summed E-state index contributed by atoms with van der Waals surface area (Å²) >= 11 is 3.51. The van der Waals surface area contributed by atoms with Crippen LogP contribution in [-0.4, -0.2) is 50.6 Å². The van der Waals surface area contributed by atoms with Crippen LogP contribution in [0.2, 0.25) is 0 Å². The quantitative estimate of drug-likeness (QED) is 0.925. The van der Waals surface area contributed by atoms with Gasteiger partial charge in [-0.3, -0.25) is 9.89 Å². The number of aromatic amines is 1. The molecule has 0 spiro atoms. The fourth-order valence-electron chi connectivity index (χ4n) is 2.26. The van der Waals surface area contributed by atoms with Gasteiger partial charge in [0.25, 0.3) is 5.91 Å². The maximum Gasteiger partial charge on any atom is 0.274 e. The lowest BCUT2D eigenvalue weighted by molar-refractivity contribution is 0.0766. The van der Waals surface area contributed by atoms with Gasteiger partial charge in [-0.2, -0.15) is 16.9 Å². The molecule has 1 aliphatic rings. The molecule has 2 aromatic rings. The Kier molecular flexibility index (Phi) is 3.80. The van der Waals surface area contributed by atoms with Crippen LogP contribution in [0.25, 0.3) is 10.6 Å². The number of nitrogens with one attached hydrogen (secondary N) is 1. The predicted octanol–water partition coefficient (Wildman–Crippen LogP) is 2.34. The molecule has 0 aromatic carbocycles. The highest BCUT2D eigenvalue weighted by Crippen LogP contribution is 2.28. The number of carbonyl (C=O) groups is 1. The first kappa shape index (κ1) is 13.6. The highest BCUT2D eigenvalue weighted by molar-refractivity contribution is 7.99. The largest absolute Gasteiger partial charge is 0.336 e. The highest BCUT2D eigenvalue weighted by Gasteiger charge is 2.21. The van der Waals surface area contributed by atoms with Crippen LogP contribution < -0.4 is 0 Å². The van der Waals surface area contributed by atoms with Crippen LogP contribution in [0, 0.1) is 13.8 Å². The van der Waals surface area contributed by atoms with Crippen molar-refractivity contribution in [2.75, 3.05) is 24.6 Å². The maximum atomic E-state index is 12.4. The first-order valence-corrected chi connectivity index (χ1v) is 8.49. The van der Waals surface area contributed by atoms with Gasteiger partial charge in [-0.05, 0) is 19.9 Å². The van der Waals surface area contributed by atoms with E-state index in [9.17, 15) is 4.79 Å². The Morgan fingerprint density at radius 2 is 2.10 bits per heavy atom. The van der Waals surface area contributed by atoms with Crippen molar-refractivity contribution in [1.82, 2.24) is 20.1 Å². The number of aromatic nitrogens is 3. The minimum Gasteiger partial charge on any atom is -0.336 e. The van der Waals surface area contributed by atoms with Crippen LogP contribution in [0.5, 0.6) is 0 Å². The minimum atomic E-state index is 0.0201. The number of hydrogen-bond acceptors (Lipinski definition) is 5. The first-order valence-electron chi connectivity index (χ1n) is 6.52. The number of aryl methyl sites for hydroxylation is 2. The molecule has 106 valence electrons. The van der Waals surface area contributed by atoms with Crippen LogP contribution in [0.15, 0.2) is 6.07 Å². The molecule has 0 saturated carbocycles. The Hall–Kier alpha value is -1.34. The van der Waals surface area contributed by atoms with Gasteiger partial charge in [0, 0.05) is 24.6 Å².